The molecule has 2 aromatic rings. The first kappa shape index (κ1) is 15.8. The Hall–Kier alpha value is -2.11. The third-order valence-electron chi connectivity index (χ3n) is 3.62. The Kier molecular flexibility index (Phi) is 4.50. The average molecular weight is 346 g/mol. The van der Waals surface area contributed by atoms with Crippen LogP contribution in [0.15, 0.2) is 48.5 Å². The van der Waals surface area contributed by atoms with Crippen molar-refractivity contribution in [1.29, 1.82) is 0 Å². The van der Waals surface area contributed by atoms with Gasteiger partial charge in [-0.2, -0.15) is 0 Å². The van der Waals surface area contributed by atoms with Crippen LogP contribution in [-0.2, 0) is 4.79 Å². The van der Waals surface area contributed by atoms with Crippen molar-refractivity contribution in [2.75, 3.05) is 16.9 Å². The molecule has 0 aliphatic carbocycles. The third kappa shape index (κ3) is 3.46. The summed E-state index contributed by atoms with van der Waals surface area (Å²) in [6, 6.07) is 15.1. The van der Waals surface area contributed by atoms with E-state index in [1.165, 1.54) is 0 Å². The van der Waals surface area contributed by atoms with Crippen LogP contribution in [0.1, 0.15) is 12.0 Å². The van der Waals surface area contributed by atoms with E-state index in [0.29, 0.717) is 23.1 Å². The minimum absolute atomic E-state index is 0.0362. The number of rotatable bonds is 2. The van der Waals surface area contributed by atoms with Crippen LogP contribution >= 0.6 is 23.8 Å². The van der Waals surface area contributed by atoms with Gasteiger partial charge in [0.05, 0.1) is 12.2 Å². The molecule has 1 fully saturated rings. The van der Waals surface area contributed by atoms with E-state index in [-0.39, 0.29) is 5.91 Å². The lowest BCUT2D eigenvalue weighted by atomic mass is 10.2. The summed E-state index contributed by atoms with van der Waals surface area (Å²) >= 11 is 11.4. The quantitative estimate of drug-likeness (QED) is 0.834. The Morgan fingerprint density at radius 3 is 2.43 bits per heavy atom. The normalized spacial score (nSPS) is 14.3. The van der Waals surface area contributed by atoms with E-state index >= 15 is 0 Å². The molecule has 0 bridgehead atoms. The maximum Gasteiger partial charge on any atom is 0.247 e. The molecule has 23 heavy (non-hydrogen) atoms. The minimum Gasteiger partial charge on any atom is -0.331 e. The minimum atomic E-state index is 0.0362. The number of hydrogen-bond donors (Lipinski definition) is 1. The van der Waals surface area contributed by atoms with Crippen LogP contribution in [0, 0.1) is 6.92 Å². The zero-order valence-corrected chi connectivity index (χ0v) is 14.2. The number of benzene rings is 2. The van der Waals surface area contributed by atoms with E-state index in [1.54, 1.807) is 22.2 Å². The summed E-state index contributed by atoms with van der Waals surface area (Å²) in [5.41, 5.74) is 2.80. The van der Waals surface area contributed by atoms with Crippen LogP contribution in [0.5, 0.6) is 0 Å². The van der Waals surface area contributed by atoms with Gasteiger partial charge >= 0.3 is 0 Å². The maximum absolute atomic E-state index is 12.3. The van der Waals surface area contributed by atoms with Crippen molar-refractivity contribution < 1.29 is 4.79 Å². The SMILES string of the molecule is Cc1ccc(N2C(=O)CCN2C(=S)Nc2ccc(Cl)cc2)cc1. The smallest absolute Gasteiger partial charge is 0.247 e. The molecule has 2 aromatic carbocycles. The number of hydrazine groups is 1. The van der Waals surface area contributed by atoms with Gasteiger partial charge in [0, 0.05) is 17.1 Å². The van der Waals surface area contributed by atoms with Gasteiger partial charge in [0.1, 0.15) is 0 Å². The second kappa shape index (κ2) is 6.56. The van der Waals surface area contributed by atoms with Gasteiger partial charge in [0.25, 0.3) is 0 Å². The largest absolute Gasteiger partial charge is 0.331 e. The van der Waals surface area contributed by atoms with Crippen molar-refractivity contribution in [3.63, 3.8) is 0 Å². The van der Waals surface area contributed by atoms with Crippen molar-refractivity contribution in [3.05, 3.63) is 59.1 Å². The number of nitrogens with one attached hydrogen (secondary N) is 1. The Labute approximate surface area is 145 Å². The van der Waals surface area contributed by atoms with Gasteiger partial charge in [0.15, 0.2) is 5.11 Å². The first-order valence-electron chi connectivity index (χ1n) is 7.28. The molecule has 1 aliphatic heterocycles. The van der Waals surface area contributed by atoms with Gasteiger partial charge in [-0.15, -0.1) is 0 Å². The van der Waals surface area contributed by atoms with Gasteiger partial charge in [0.2, 0.25) is 5.91 Å². The van der Waals surface area contributed by atoms with Crippen LogP contribution in [0.4, 0.5) is 11.4 Å². The first-order chi connectivity index (χ1) is 11.0. The van der Waals surface area contributed by atoms with Crippen LogP contribution in [-0.4, -0.2) is 22.6 Å². The molecule has 4 nitrogen and oxygen atoms in total. The van der Waals surface area contributed by atoms with Crippen LogP contribution in [0.25, 0.3) is 0 Å². The summed E-state index contributed by atoms with van der Waals surface area (Å²) in [6.07, 6.45) is 0.441. The van der Waals surface area contributed by atoms with E-state index in [1.807, 2.05) is 43.3 Å². The molecule has 118 valence electrons. The molecule has 0 saturated carbocycles. The lowest BCUT2D eigenvalue weighted by molar-refractivity contribution is -0.117. The molecule has 0 radical (unpaired) electrons. The fourth-order valence-electron chi connectivity index (χ4n) is 2.43. The predicted molar refractivity (Wildman–Crippen MR) is 97.7 cm³/mol. The molecule has 0 aromatic heterocycles. The highest BCUT2D eigenvalue weighted by atomic mass is 35.5. The van der Waals surface area contributed by atoms with Gasteiger partial charge in [-0.3, -0.25) is 9.80 Å². The van der Waals surface area contributed by atoms with Crippen LogP contribution in [0.3, 0.4) is 0 Å². The zero-order valence-electron chi connectivity index (χ0n) is 12.6. The summed E-state index contributed by atoms with van der Waals surface area (Å²) in [5.74, 6) is 0.0362. The number of halogens is 1. The standard InChI is InChI=1S/C17H16ClN3OS/c1-12-2-8-15(9-3-12)21-16(22)10-11-20(21)17(23)19-14-6-4-13(18)5-7-14/h2-9H,10-11H2,1H3,(H,19,23). The number of nitrogens with zero attached hydrogens (tertiary/aromatic N) is 2. The summed E-state index contributed by atoms with van der Waals surface area (Å²) in [7, 11) is 0. The van der Waals surface area contributed by atoms with Crippen molar-refractivity contribution in [2.24, 2.45) is 0 Å². The second-order valence-corrected chi connectivity index (χ2v) is 6.17. The Bertz CT molecular complexity index is 731. The molecule has 0 atom stereocenters. The number of aryl methyl sites for hydroxylation is 1. The lowest BCUT2D eigenvalue weighted by Crippen LogP contribution is -2.45. The number of carbonyl (C=O) groups is 1. The Morgan fingerprint density at radius 1 is 1.13 bits per heavy atom. The Balaban J connectivity index is 1.79. The highest BCUT2D eigenvalue weighted by Crippen LogP contribution is 2.24. The van der Waals surface area contributed by atoms with Crippen LogP contribution < -0.4 is 10.3 Å². The summed E-state index contributed by atoms with van der Waals surface area (Å²) in [6.45, 7) is 2.58. The molecule has 3 rings (SSSR count). The zero-order chi connectivity index (χ0) is 16.4. The van der Waals surface area contributed by atoms with E-state index < -0.39 is 0 Å². The number of anilines is 2. The van der Waals surface area contributed by atoms with E-state index in [4.69, 9.17) is 23.8 Å². The molecule has 0 unspecified atom stereocenters. The highest BCUT2D eigenvalue weighted by Gasteiger charge is 2.32. The third-order valence-corrected chi connectivity index (χ3v) is 4.19. The van der Waals surface area contributed by atoms with Crippen molar-refractivity contribution in [1.82, 2.24) is 5.01 Å². The van der Waals surface area contributed by atoms with Gasteiger partial charge in [-0.05, 0) is 55.5 Å². The van der Waals surface area contributed by atoms with Gasteiger partial charge < -0.3 is 5.32 Å². The second-order valence-electron chi connectivity index (χ2n) is 5.35. The topological polar surface area (TPSA) is 35.6 Å². The predicted octanol–water partition coefficient (Wildman–Crippen LogP) is 4.00. The molecule has 1 heterocycles. The van der Waals surface area contributed by atoms with Gasteiger partial charge in [-0.1, -0.05) is 29.3 Å². The molecule has 1 amide bonds. The highest BCUT2D eigenvalue weighted by molar-refractivity contribution is 7.80. The fourth-order valence-corrected chi connectivity index (χ4v) is 2.84. The fraction of sp³-hybridized carbons (Fsp3) is 0.176. The van der Waals surface area contributed by atoms with E-state index in [9.17, 15) is 4.79 Å². The molecule has 1 aliphatic rings. The lowest BCUT2D eigenvalue weighted by Gasteiger charge is -2.30. The van der Waals surface area contributed by atoms with Gasteiger partial charge in [-0.25, -0.2) is 5.01 Å². The number of amides is 1. The molecular formula is C17H16ClN3OS. The number of carbonyl (C=O) groups excluding carboxylic acids is 1. The summed E-state index contributed by atoms with van der Waals surface area (Å²) in [5, 5.41) is 7.72. The molecular weight excluding hydrogens is 330 g/mol. The number of hydrogen-bond acceptors (Lipinski definition) is 2. The van der Waals surface area contributed by atoms with Crippen molar-refractivity contribution in [2.45, 2.75) is 13.3 Å². The van der Waals surface area contributed by atoms with Crippen molar-refractivity contribution >= 4 is 46.2 Å². The first-order valence-corrected chi connectivity index (χ1v) is 8.07. The molecule has 6 heteroatoms. The molecule has 0 spiro atoms. The van der Waals surface area contributed by atoms with E-state index in [0.717, 1.165) is 16.9 Å². The summed E-state index contributed by atoms with van der Waals surface area (Å²) < 4.78 is 0. The van der Waals surface area contributed by atoms with E-state index in [2.05, 4.69) is 5.32 Å². The van der Waals surface area contributed by atoms with Crippen LogP contribution in [0.2, 0.25) is 5.02 Å². The monoisotopic (exact) mass is 345 g/mol. The summed E-state index contributed by atoms with van der Waals surface area (Å²) in [4.78, 5) is 12.3. The molecule has 1 N–H and O–H groups in total. The molecule has 1 saturated heterocycles. The number of thiocarbonyl (C=S) groups is 1. The van der Waals surface area contributed by atoms with Crippen molar-refractivity contribution in [3.8, 4) is 0 Å². The Morgan fingerprint density at radius 2 is 1.78 bits per heavy atom. The average Bonchev–Trinajstić information content (AvgIpc) is 2.92. The maximum atomic E-state index is 12.3.